The number of benzene rings is 1. The van der Waals surface area contributed by atoms with Gasteiger partial charge in [0.05, 0.1) is 10.0 Å². The molecule has 0 spiro atoms. The van der Waals surface area contributed by atoms with Crippen LogP contribution in [0.1, 0.15) is 44.7 Å². The van der Waals surface area contributed by atoms with Crippen molar-refractivity contribution < 1.29 is 0 Å². The SMILES string of the molecule is CC1CCC(NC(C)c2ccc(Cl)c(Cl)c2)C1. The monoisotopic (exact) mass is 271 g/mol. The van der Waals surface area contributed by atoms with E-state index in [4.69, 9.17) is 23.2 Å². The Hall–Kier alpha value is -0.240. The molecule has 17 heavy (non-hydrogen) atoms. The Labute approximate surface area is 114 Å². The lowest BCUT2D eigenvalue weighted by molar-refractivity contribution is 0.449. The molecule has 2 rings (SSSR count). The summed E-state index contributed by atoms with van der Waals surface area (Å²) in [6.45, 7) is 4.51. The summed E-state index contributed by atoms with van der Waals surface area (Å²) in [5.74, 6) is 0.855. The zero-order valence-corrected chi connectivity index (χ0v) is 11.9. The molecule has 3 atom stereocenters. The molecule has 0 bridgehead atoms. The predicted molar refractivity (Wildman–Crippen MR) is 74.8 cm³/mol. The maximum atomic E-state index is 6.04. The second kappa shape index (κ2) is 5.60. The Kier molecular flexibility index (Phi) is 4.35. The van der Waals surface area contributed by atoms with Crippen LogP contribution >= 0.6 is 23.2 Å². The van der Waals surface area contributed by atoms with Crippen LogP contribution in [0.15, 0.2) is 18.2 Å². The van der Waals surface area contributed by atoms with Gasteiger partial charge in [0.2, 0.25) is 0 Å². The van der Waals surface area contributed by atoms with E-state index in [1.807, 2.05) is 18.2 Å². The molecule has 1 aromatic carbocycles. The lowest BCUT2D eigenvalue weighted by Crippen LogP contribution is -2.29. The summed E-state index contributed by atoms with van der Waals surface area (Å²) >= 11 is 12.0. The minimum atomic E-state index is 0.333. The molecule has 1 nitrogen and oxygen atoms in total. The average molecular weight is 272 g/mol. The van der Waals surface area contributed by atoms with E-state index in [0.29, 0.717) is 22.1 Å². The van der Waals surface area contributed by atoms with Gasteiger partial charge in [0.1, 0.15) is 0 Å². The first-order chi connectivity index (χ1) is 8.06. The minimum absolute atomic E-state index is 0.333. The third kappa shape index (κ3) is 3.37. The van der Waals surface area contributed by atoms with Gasteiger partial charge in [-0.25, -0.2) is 0 Å². The summed E-state index contributed by atoms with van der Waals surface area (Å²) in [6.07, 6.45) is 3.91. The largest absolute Gasteiger partial charge is 0.307 e. The third-order valence-corrected chi connectivity index (χ3v) is 4.36. The van der Waals surface area contributed by atoms with E-state index in [-0.39, 0.29) is 0 Å². The van der Waals surface area contributed by atoms with E-state index in [1.165, 1.54) is 24.8 Å². The van der Waals surface area contributed by atoms with Gasteiger partial charge in [-0.1, -0.05) is 36.2 Å². The van der Waals surface area contributed by atoms with Gasteiger partial charge in [-0.2, -0.15) is 0 Å². The second-order valence-corrected chi connectivity index (χ2v) is 5.99. The van der Waals surface area contributed by atoms with Crippen LogP contribution in [0, 0.1) is 5.92 Å². The molecule has 1 aliphatic carbocycles. The summed E-state index contributed by atoms with van der Waals surface area (Å²) in [6, 6.07) is 6.85. The first-order valence-electron chi connectivity index (χ1n) is 6.27. The molecule has 94 valence electrons. The highest BCUT2D eigenvalue weighted by Gasteiger charge is 2.22. The first-order valence-corrected chi connectivity index (χ1v) is 7.03. The van der Waals surface area contributed by atoms with Gasteiger partial charge in [-0.15, -0.1) is 0 Å². The van der Waals surface area contributed by atoms with Crippen molar-refractivity contribution in [2.24, 2.45) is 5.92 Å². The highest BCUT2D eigenvalue weighted by Crippen LogP contribution is 2.29. The van der Waals surface area contributed by atoms with E-state index in [0.717, 1.165) is 5.92 Å². The molecule has 0 saturated heterocycles. The van der Waals surface area contributed by atoms with Gasteiger partial charge in [0, 0.05) is 12.1 Å². The van der Waals surface area contributed by atoms with Crippen molar-refractivity contribution >= 4 is 23.2 Å². The van der Waals surface area contributed by atoms with Crippen molar-refractivity contribution in [1.82, 2.24) is 5.32 Å². The lowest BCUT2D eigenvalue weighted by atomic mass is 10.1. The molecule has 0 heterocycles. The van der Waals surface area contributed by atoms with Gasteiger partial charge >= 0.3 is 0 Å². The van der Waals surface area contributed by atoms with Crippen molar-refractivity contribution in [2.75, 3.05) is 0 Å². The third-order valence-electron chi connectivity index (χ3n) is 3.62. The maximum absolute atomic E-state index is 6.04. The van der Waals surface area contributed by atoms with Gasteiger partial charge in [0.25, 0.3) is 0 Å². The lowest BCUT2D eigenvalue weighted by Gasteiger charge is -2.20. The van der Waals surface area contributed by atoms with Crippen molar-refractivity contribution in [3.8, 4) is 0 Å². The molecule has 1 saturated carbocycles. The van der Waals surface area contributed by atoms with Gasteiger partial charge in [0.15, 0.2) is 0 Å². The second-order valence-electron chi connectivity index (χ2n) is 5.18. The number of hydrogen-bond acceptors (Lipinski definition) is 1. The molecular weight excluding hydrogens is 253 g/mol. The van der Waals surface area contributed by atoms with Crippen LogP contribution in [0.25, 0.3) is 0 Å². The Morgan fingerprint density at radius 2 is 2.00 bits per heavy atom. The fourth-order valence-electron chi connectivity index (χ4n) is 2.59. The Bertz CT molecular complexity index is 392. The van der Waals surface area contributed by atoms with Crippen LogP contribution in [0.4, 0.5) is 0 Å². The van der Waals surface area contributed by atoms with Gasteiger partial charge in [-0.05, 0) is 49.8 Å². The first kappa shape index (κ1) is 13.2. The Morgan fingerprint density at radius 3 is 2.59 bits per heavy atom. The van der Waals surface area contributed by atoms with Gasteiger partial charge in [-0.3, -0.25) is 0 Å². The molecule has 0 amide bonds. The molecule has 3 unspecified atom stereocenters. The van der Waals surface area contributed by atoms with E-state index in [2.05, 4.69) is 19.2 Å². The van der Waals surface area contributed by atoms with Crippen LogP contribution in [0.5, 0.6) is 0 Å². The van der Waals surface area contributed by atoms with Crippen LogP contribution in [0.3, 0.4) is 0 Å². The molecule has 1 aliphatic rings. The van der Waals surface area contributed by atoms with E-state index < -0.39 is 0 Å². The molecule has 3 heteroatoms. The Balaban J connectivity index is 1.99. The van der Waals surface area contributed by atoms with E-state index in [9.17, 15) is 0 Å². The minimum Gasteiger partial charge on any atom is -0.307 e. The van der Waals surface area contributed by atoms with Crippen molar-refractivity contribution in [3.05, 3.63) is 33.8 Å². The molecule has 0 aliphatic heterocycles. The predicted octanol–water partition coefficient (Wildman–Crippen LogP) is 4.83. The summed E-state index contributed by atoms with van der Waals surface area (Å²) in [5, 5.41) is 4.93. The van der Waals surface area contributed by atoms with Crippen molar-refractivity contribution in [3.63, 3.8) is 0 Å². The zero-order chi connectivity index (χ0) is 12.4. The quantitative estimate of drug-likeness (QED) is 0.830. The normalized spacial score (nSPS) is 26.1. The van der Waals surface area contributed by atoms with E-state index in [1.54, 1.807) is 0 Å². The summed E-state index contributed by atoms with van der Waals surface area (Å²) < 4.78 is 0. The molecule has 0 radical (unpaired) electrons. The van der Waals surface area contributed by atoms with Crippen LogP contribution in [-0.2, 0) is 0 Å². The summed E-state index contributed by atoms with van der Waals surface area (Å²) in [4.78, 5) is 0. The fraction of sp³-hybridized carbons (Fsp3) is 0.571. The number of hydrogen-bond donors (Lipinski definition) is 1. The smallest absolute Gasteiger partial charge is 0.0595 e. The molecule has 1 N–H and O–H groups in total. The van der Waals surface area contributed by atoms with Crippen molar-refractivity contribution in [2.45, 2.75) is 45.2 Å². The number of halogens is 2. The topological polar surface area (TPSA) is 12.0 Å². The molecule has 1 aromatic rings. The van der Waals surface area contributed by atoms with Crippen LogP contribution in [0.2, 0.25) is 10.0 Å². The Morgan fingerprint density at radius 1 is 1.24 bits per heavy atom. The summed E-state index contributed by atoms with van der Waals surface area (Å²) in [5.41, 5.74) is 1.21. The van der Waals surface area contributed by atoms with Crippen LogP contribution in [-0.4, -0.2) is 6.04 Å². The van der Waals surface area contributed by atoms with Crippen molar-refractivity contribution in [1.29, 1.82) is 0 Å². The highest BCUT2D eigenvalue weighted by molar-refractivity contribution is 6.42. The standard InChI is InChI=1S/C14H19Cl2N/c1-9-3-5-12(7-9)17-10(2)11-4-6-13(15)14(16)8-11/h4,6,8-10,12,17H,3,5,7H2,1-2H3. The number of rotatable bonds is 3. The number of nitrogens with one attached hydrogen (secondary N) is 1. The van der Waals surface area contributed by atoms with Crippen LogP contribution < -0.4 is 5.32 Å². The average Bonchev–Trinajstić information content (AvgIpc) is 2.68. The maximum Gasteiger partial charge on any atom is 0.0595 e. The fourth-order valence-corrected chi connectivity index (χ4v) is 2.90. The highest BCUT2D eigenvalue weighted by atomic mass is 35.5. The van der Waals surface area contributed by atoms with Gasteiger partial charge < -0.3 is 5.32 Å². The molecule has 0 aromatic heterocycles. The molecule has 1 fully saturated rings. The van der Waals surface area contributed by atoms with E-state index >= 15 is 0 Å². The molecular formula is C14H19Cl2N. The summed E-state index contributed by atoms with van der Waals surface area (Å²) in [7, 11) is 0. The zero-order valence-electron chi connectivity index (χ0n) is 10.3.